The van der Waals surface area contributed by atoms with Crippen LogP contribution in [0, 0.1) is 0 Å². The molecular weight excluding hydrogens is 154 g/mol. The fourth-order valence-corrected chi connectivity index (χ4v) is 1.10. The number of aromatic amines is 1. The van der Waals surface area contributed by atoms with E-state index >= 15 is 0 Å². The molecule has 1 aromatic heterocycles. The van der Waals surface area contributed by atoms with Crippen molar-refractivity contribution < 1.29 is 10.2 Å². The number of aromatic hydroxyl groups is 2. The zero-order valence-corrected chi connectivity index (χ0v) is 6.88. The van der Waals surface area contributed by atoms with Crippen LogP contribution >= 0.6 is 0 Å². The van der Waals surface area contributed by atoms with Crippen LogP contribution in [0.25, 0.3) is 0 Å². The van der Waals surface area contributed by atoms with Crippen molar-refractivity contribution >= 4 is 0 Å². The molecule has 0 aromatic carbocycles. The topological polar surface area (TPSA) is 56.2 Å². The van der Waals surface area contributed by atoms with Gasteiger partial charge in [0, 0.05) is 11.6 Å². The van der Waals surface area contributed by atoms with Gasteiger partial charge in [0.2, 0.25) is 0 Å². The van der Waals surface area contributed by atoms with Gasteiger partial charge < -0.3 is 10.2 Å². The molecule has 1 rings (SSSR count). The molecule has 0 atom stereocenters. The molecule has 0 aliphatic rings. The summed E-state index contributed by atoms with van der Waals surface area (Å²) in [4.78, 5) is 2.42. The monoisotopic (exact) mass is 167 g/mol. The van der Waals surface area contributed by atoms with Crippen LogP contribution in [0.2, 0.25) is 0 Å². The van der Waals surface area contributed by atoms with Crippen molar-refractivity contribution in [2.45, 2.75) is 19.3 Å². The molecular formula is C9H13NO2. The number of hydrogen-bond acceptors (Lipinski definition) is 2. The van der Waals surface area contributed by atoms with Crippen LogP contribution in [-0.4, -0.2) is 15.2 Å². The Balaban J connectivity index is 2.50. The lowest BCUT2D eigenvalue weighted by atomic mass is 10.1. The first-order valence-corrected chi connectivity index (χ1v) is 3.94. The Morgan fingerprint density at radius 3 is 2.75 bits per heavy atom. The molecule has 66 valence electrons. The van der Waals surface area contributed by atoms with Crippen molar-refractivity contribution in [3.8, 4) is 11.8 Å². The first-order chi connectivity index (χ1) is 5.74. The molecule has 0 aliphatic carbocycles. The van der Waals surface area contributed by atoms with Gasteiger partial charge in [-0.3, -0.25) is 4.98 Å². The van der Waals surface area contributed by atoms with E-state index in [1.165, 1.54) is 0 Å². The third-order valence-electron chi connectivity index (χ3n) is 1.72. The average Bonchev–Trinajstić information content (AvgIpc) is 2.31. The maximum atomic E-state index is 9.19. The standard InChI is InChI=1S/C9H13NO2/c1-2-3-4-5-7-6-8(11)10-9(7)12/h2,6,10-12H,1,3-5H2. The van der Waals surface area contributed by atoms with Crippen LogP contribution in [0.4, 0.5) is 0 Å². The lowest BCUT2D eigenvalue weighted by molar-refractivity contribution is 0.423. The Hall–Kier alpha value is -1.38. The van der Waals surface area contributed by atoms with Gasteiger partial charge >= 0.3 is 0 Å². The summed E-state index contributed by atoms with van der Waals surface area (Å²) in [6.45, 7) is 3.60. The second-order valence-electron chi connectivity index (χ2n) is 2.71. The van der Waals surface area contributed by atoms with E-state index < -0.39 is 0 Å². The van der Waals surface area contributed by atoms with E-state index in [2.05, 4.69) is 11.6 Å². The summed E-state index contributed by atoms with van der Waals surface area (Å²) < 4.78 is 0. The Bertz CT molecular complexity index is 265. The van der Waals surface area contributed by atoms with Gasteiger partial charge in [-0.2, -0.15) is 0 Å². The lowest BCUT2D eigenvalue weighted by Gasteiger charge is -1.94. The van der Waals surface area contributed by atoms with Gasteiger partial charge in [0.15, 0.2) is 11.8 Å². The van der Waals surface area contributed by atoms with Crippen LogP contribution in [-0.2, 0) is 6.42 Å². The molecule has 0 saturated heterocycles. The number of allylic oxidation sites excluding steroid dienone is 1. The molecule has 3 heteroatoms. The largest absolute Gasteiger partial charge is 0.495 e. The normalized spacial score (nSPS) is 10.0. The molecule has 0 spiro atoms. The summed E-state index contributed by atoms with van der Waals surface area (Å²) in [6.07, 6.45) is 4.46. The predicted molar refractivity (Wildman–Crippen MR) is 47.3 cm³/mol. The molecule has 0 amide bonds. The fourth-order valence-electron chi connectivity index (χ4n) is 1.10. The highest BCUT2D eigenvalue weighted by Gasteiger charge is 2.04. The molecule has 3 N–H and O–H groups in total. The van der Waals surface area contributed by atoms with E-state index in [0.717, 1.165) is 24.8 Å². The first kappa shape index (κ1) is 8.71. The Labute approximate surface area is 71.4 Å². The van der Waals surface area contributed by atoms with Gasteiger partial charge in [-0.1, -0.05) is 6.08 Å². The van der Waals surface area contributed by atoms with Gasteiger partial charge in [0.25, 0.3) is 0 Å². The second-order valence-corrected chi connectivity index (χ2v) is 2.71. The molecule has 1 heterocycles. The Kier molecular flexibility index (Phi) is 2.80. The van der Waals surface area contributed by atoms with E-state index in [1.54, 1.807) is 6.07 Å². The SMILES string of the molecule is C=CCCCc1cc(O)[nH]c1O. The summed E-state index contributed by atoms with van der Waals surface area (Å²) in [5, 5.41) is 18.1. The van der Waals surface area contributed by atoms with Crippen LogP contribution in [0.3, 0.4) is 0 Å². The lowest BCUT2D eigenvalue weighted by Crippen LogP contribution is -1.81. The molecule has 1 aromatic rings. The number of unbranched alkanes of at least 4 members (excludes halogenated alkanes) is 1. The van der Waals surface area contributed by atoms with E-state index in [9.17, 15) is 5.11 Å². The third kappa shape index (κ3) is 2.05. The number of H-pyrrole nitrogens is 1. The smallest absolute Gasteiger partial charge is 0.194 e. The molecule has 0 saturated carbocycles. The summed E-state index contributed by atoms with van der Waals surface area (Å²) in [5.74, 6) is 0.0812. The van der Waals surface area contributed by atoms with Crippen molar-refractivity contribution in [1.82, 2.24) is 4.98 Å². The van der Waals surface area contributed by atoms with Gasteiger partial charge in [0.05, 0.1) is 0 Å². The maximum Gasteiger partial charge on any atom is 0.194 e. The number of aromatic nitrogens is 1. The number of nitrogens with one attached hydrogen (secondary N) is 1. The highest BCUT2D eigenvalue weighted by atomic mass is 16.3. The third-order valence-corrected chi connectivity index (χ3v) is 1.72. The van der Waals surface area contributed by atoms with Crippen molar-refractivity contribution in [3.05, 3.63) is 24.3 Å². The minimum absolute atomic E-state index is 0.0149. The van der Waals surface area contributed by atoms with E-state index in [-0.39, 0.29) is 11.8 Å². The van der Waals surface area contributed by atoms with Crippen LogP contribution in [0.5, 0.6) is 11.8 Å². The molecule has 12 heavy (non-hydrogen) atoms. The summed E-state index contributed by atoms with van der Waals surface area (Å²) in [5.41, 5.74) is 0.759. The van der Waals surface area contributed by atoms with Gasteiger partial charge in [-0.15, -0.1) is 6.58 Å². The van der Waals surface area contributed by atoms with Gasteiger partial charge in [-0.25, -0.2) is 0 Å². The van der Waals surface area contributed by atoms with Gasteiger partial charge in [-0.05, 0) is 19.3 Å². The number of aryl methyl sites for hydroxylation is 1. The Morgan fingerprint density at radius 2 is 2.25 bits per heavy atom. The highest BCUT2D eigenvalue weighted by molar-refractivity contribution is 5.32. The summed E-state index contributed by atoms with van der Waals surface area (Å²) in [6, 6.07) is 1.54. The number of hydrogen-bond donors (Lipinski definition) is 3. The molecule has 0 radical (unpaired) electrons. The van der Waals surface area contributed by atoms with Crippen LogP contribution in [0.15, 0.2) is 18.7 Å². The highest BCUT2D eigenvalue weighted by Crippen LogP contribution is 2.22. The summed E-state index contributed by atoms with van der Waals surface area (Å²) in [7, 11) is 0. The zero-order chi connectivity index (χ0) is 8.97. The molecule has 3 nitrogen and oxygen atoms in total. The van der Waals surface area contributed by atoms with Crippen molar-refractivity contribution in [2.24, 2.45) is 0 Å². The number of rotatable bonds is 4. The van der Waals surface area contributed by atoms with E-state index in [4.69, 9.17) is 5.11 Å². The van der Waals surface area contributed by atoms with Crippen LogP contribution in [0.1, 0.15) is 18.4 Å². The first-order valence-electron chi connectivity index (χ1n) is 3.94. The Morgan fingerprint density at radius 1 is 1.50 bits per heavy atom. The van der Waals surface area contributed by atoms with Crippen molar-refractivity contribution in [3.63, 3.8) is 0 Å². The van der Waals surface area contributed by atoms with Crippen molar-refractivity contribution in [1.29, 1.82) is 0 Å². The fraction of sp³-hybridized carbons (Fsp3) is 0.333. The van der Waals surface area contributed by atoms with Crippen molar-refractivity contribution in [2.75, 3.05) is 0 Å². The minimum atomic E-state index is 0.0149. The predicted octanol–water partition coefficient (Wildman–Crippen LogP) is 1.93. The van der Waals surface area contributed by atoms with Gasteiger partial charge in [0.1, 0.15) is 0 Å². The van der Waals surface area contributed by atoms with Crippen LogP contribution < -0.4 is 0 Å². The maximum absolute atomic E-state index is 9.19. The minimum Gasteiger partial charge on any atom is -0.495 e. The molecule has 0 fully saturated rings. The average molecular weight is 167 g/mol. The zero-order valence-electron chi connectivity index (χ0n) is 6.88. The van der Waals surface area contributed by atoms with E-state index in [1.807, 2.05) is 6.08 Å². The van der Waals surface area contributed by atoms with E-state index in [0.29, 0.717) is 0 Å². The summed E-state index contributed by atoms with van der Waals surface area (Å²) >= 11 is 0. The molecule has 0 aliphatic heterocycles. The quantitative estimate of drug-likeness (QED) is 0.474. The molecule has 0 bridgehead atoms. The molecule has 0 unspecified atom stereocenters. The second kappa shape index (κ2) is 3.85.